The van der Waals surface area contributed by atoms with E-state index < -0.39 is 11.6 Å². The summed E-state index contributed by atoms with van der Waals surface area (Å²) in [4.78, 5) is 2.10. The van der Waals surface area contributed by atoms with Crippen molar-refractivity contribution in [3.05, 3.63) is 65.2 Å². The van der Waals surface area contributed by atoms with Crippen molar-refractivity contribution < 1.29 is 8.78 Å². The second-order valence-corrected chi connectivity index (χ2v) is 5.07. The zero-order valence-corrected chi connectivity index (χ0v) is 11.7. The molecule has 0 aromatic heterocycles. The number of rotatable bonds is 5. The van der Waals surface area contributed by atoms with Crippen LogP contribution in [0.2, 0.25) is 0 Å². The highest BCUT2D eigenvalue weighted by Gasteiger charge is 2.01. The highest BCUT2D eigenvalue weighted by molar-refractivity contribution is 5.45. The summed E-state index contributed by atoms with van der Waals surface area (Å²) in [6.45, 7) is 1.27. The molecule has 0 radical (unpaired) electrons. The number of nitrogens with zero attached hydrogens (tertiary/aromatic N) is 1. The van der Waals surface area contributed by atoms with E-state index in [1.807, 2.05) is 38.4 Å². The molecule has 2 rings (SSSR count). The lowest BCUT2D eigenvalue weighted by Gasteiger charge is -2.11. The Morgan fingerprint density at radius 1 is 0.900 bits per heavy atom. The second kappa shape index (κ2) is 6.48. The van der Waals surface area contributed by atoms with Crippen LogP contribution in [0.4, 0.5) is 14.5 Å². The predicted octanol–water partition coefficient (Wildman–Crippen LogP) is 3.64. The summed E-state index contributed by atoms with van der Waals surface area (Å²) >= 11 is 0. The van der Waals surface area contributed by atoms with E-state index in [1.165, 1.54) is 17.7 Å². The molecule has 0 amide bonds. The Labute approximate surface area is 118 Å². The van der Waals surface area contributed by atoms with E-state index in [-0.39, 0.29) is 0 Å². The minimum Gasteiger partial charge on any atom is -0.381 e. The summed E-state index contributed by atoms with van der Waals surface area (Å²) in [6.07, 6.45) is 0. The largest absolute Gasteiger partial charge is 0.381 e. The maximum absolute atomic E-state index is 13.1. The fraction of sp³-hybridized carbons (Fsp3) is 0.250. The average Bonchev–Trinajstić information content (AvgIpc) is 2.36. The molecule has 4 heteroatoms. The van der Waals surface area contributed by atoms with Crippen molar-refractivity contribution >= 4 is 5.69 Å². The highest BCUT2D eigenvalue weighted by Crippen LogP contribution is 2.13. The molecule has 0 saturated carbocycles. The van der Waals surface area contributed by atoms with Gasteiger partial charge in [-0.15, -0.1) is 0 Å². The van der Waals surface area contributed by atoms with Crippen LogP contribution >= 0.6 is 0 Å². The molecule has 2 aromatic carbocycles. The molecular weight excluding hydrogens is 258 g/mol. The molecule has 20 heavy (non-hydrogen) atoms. The molecule has 0 aliphatic carbocycles. The second-order valence-electron chi connectivity index (χ2n) is 5.07. The van der Waals surface area contributed by atoms with Crippen LogP contribution in [0.5, 0.6) is 0 Å². The number of anilines is 1. The zero-order valence-electron chi connectivity index (χ0n) is 11.7. The van der Waals surface area contributed by atoms with Crippen LogP contribution in [0.3, 0.4) is 0 Å². The molecule has 1 N–H and O–H groups in total. The molecule has 2 aromatic rings. The normalized spacial score (nSPS) is 10.8. The van der Waals surface area contributed by atoms with E-state index in [0.717, 1.165) is 18.3 Å². The van der Waals surface area contributed by atoms with Crippen molar-refractivity contribution in [3.8, 4) is 0 Å². The van der Waals surface area contributed by atoms with Gasteiger partial charge in [0.15, 0.2) is 0 Å². The van der Waals surface area contributed by atoms with Crippen LogP contribution < -0.4 is 5.32 Å². The van der Waals surface area contributed by atoms with E-state index in [2.05, 4.69) is 10.2 Å². The van der Waals surface area contributed by atoms with Crippen LogP contribution in [-0.4, -0.2) is 19.0 Å². The van der Waals surface area contributed by atoms with Crippen molar-refractivity contribution in [3.63, 3.8) is 0 Å². The standard InChI is InChI=1S/C16H18F2N2/c1-20(2)11-12-3-5-16(6-4-12)19-10-13-7-14(17)9-15(18)8-13/h3-9,19H,10-11H2,1-2H3. The quantitative estimate of drug-likeness (QED) is 0.897. The topological polar surface area (TPSA) is 15.3 Å². The van der Waals surface area contributed by atoms with Crippen LogP contribution in [-0.2, 0) is 13.1 Å². The monoisotopic (exact) mass is 276 g/mol. The first-order chi connectivity index (χ1) is 9.52. The third-order valence-electron chi connectivity index (χ3n) is 2.87. The third kappa shape index (κ3) is 4.31. The Balaban J connectivity index is 1.96. The van der Waals surface area contributed by atoms with Gasteiger partial charge in [-0.2, -0.15) is 0 Å². The predicted molar refractivity (Wildman–Crippen MR) is 77.5 cm³/mol. The molecule has 2 nitrogen and oxygen atoms in total. The van der Waals surface area contributed by atoms with Gasteiger partial charge in [0.2, 0.25) is 0 Å². The molecule has 0 heterocycles. The molecule has 0 bridgehead atoms. The molecule has 0 fully saturated rings. The fourth-order valence-electron chi connectivity index (χ4n) is 2.01. The van der Waals surface area contributed by atoms with Gasteiger partial charge in [-0.05, 0) is 49.5 Å². The number of benzene rings is 2. The van der Waals surface area contributed by atoms with E-state index in [9.17, 15) is 8.78 Å². The summed E-state index contributed by atoms with van der Waals surface area (Å²) < 4.78 is 26.1. The van der Waals surface area contributed by atoms with Crippen molar-refractivity contribution in [2.45, 2.75) is 13.1 Å². The Hall–Kier alpha value is -1.94. The number of nitrogens with one attached hydrogen (secondary N) is 1. The van der Waals surface area contributed by atoms with E-state index in [0.29, 0.717) is 12.1 Å². The summed E-state index contributed by atoms with van der Waals surface area (Å²) in [5, 5.41) is 3.15. The zero-order chi connectivity index (χ0) is 14.5. The van der Waals surface area contributed by atoms with Crippen LogP contribution in [0.1, 0.15) is 11.1 Å². The van der Waals surface area contributed by atoms with Gasteiger partial charge in [-0.1, -0.05) is 12.1 Å². The molecule has 0 saturated heterocycles. The molecule has 0 spiro atoms. The smallest absolute Gasteiger partial charge is 0.126 e. The Morgan fingerprint density at radius 2 is 1.50 bits per heavy atom. The van der Waals surface area contributed by atoms with E-state index in [4.69, 9.17) is 0 Å². The van der Waals surface area contributed by atoms with E-state index in [1.54, 1.807) is 0 Å². The van der Waals surface area contributed by atoms with Crippen molar-refractivity contribution in [2.75, 3.05) is 19.4 Å². The van der Waals surface area contributed by atoms with E-state index >= 15 is 0 Å². The van der Waals surface area contributed by atoms with Crippen molar-refractivity contribution in [1.82, 2.24) is 4.90 Å². The lowest BCUT2D eigenvalue weighted by molar-refractivity contribution is 0.402. The first-order valence-corrected chi connectivity index (χ1v) is 6.45. The lowest BCUT2D eigenvalue weighted by atomic mass is 10.2. The number of halogens is 2. The van der Waals surface area contributed by atoms with Crippen LogP contribution in [0.25, 0.3) is 0 Å². The van der Waals surface area contributed by atoms with Gasteiger partial charge in [0, 0.05) is 24.8 Å². The van der Waals surface area contributed by atoms with Crippen molar-refractivity contribution in [1.29, 1.82) is 0 Å². The van der Waals surface area contributed by atoms with Gasteiger partial charge < -0.3 is 10.2 Å². The summed E-state index contributed by atoms with van der Waals surface area (Å²) in [5.74, 6) is -1.11. The maximum Gasteiger partial charge on any atom is 0.126 e. The van der Waals surface area contributed by atoms with Crippen LogP contribution in [0, 0.1) is 11.6 Å². The van der Waals surface area contributed by atoms with Gasteiger partial charge >= 0.3 is 0 Å². The van der Waals surface area contributed by atoms with Gasteiger partial charge in [-0.3, -0.25) is 0 Å². The Kier molecular flexibility index (Phi) is 4.69. The first-order valence-electron chi connectivity index (χ1n) is 6.45. The molecule has 0 aliphatic heterocycles. The maximum atomic E-state index is 13.1. The molecule has 0 unspecified atom stereocenters. The highest BCUT2D eigenvalue weighted by atomic mass is 19.1. The summed E-state index contributed by atoms with van der Waals surface area (Å²) in [5.41, 5.74) is 2.73. The number of hydrogen-bond acceptors (Lipinski definition) is 2. The summed E-state index contributed by atoms with van der Waals surface area (Å²) in [6, 6.07) is 11.5. The summed E-state index contributed by atoms with van der Waals surface area (Å²) in [7, 11) is 4.04. The minimum atomic E-state index is -0.553. The van der Waals surface area contributed by atoms with Gasteiger partial charge in [0.05, 0.1) is 0 Å². The Bertz CT molecular complexity index is 545. The molecule has 0 aliphatic rings. The van der Waals surface area contributed by atoms with Gasteiger partial charge in [0.1, 0.15) is 11.6 Å². The van der Waals surface area contributed by atoms with Crippen molar-refractivity contribution in [2.24, 2.45) is 0 Å². The first kappa shape index (κ1) is 14.5. The lowest BCUT2D eigenvalue weighted by Crippen LogP contribution is -2.10. The third-order valence-corrected chi connectivity index (χ3v) is 2.87. The van der Waals surface area contributed by atoms with Gasteiger partial charge in [-0.25, -0.2) is 8.78 Å². The molecule has 106 valence electrons. The van der Waals surface area contributed by atoms with Crippen LogP contribution in [0.15, 0.2) is 42.5 Å². The molecule has 0 atom stereocenters. The Morgan fingerprint density at radius 3 is 2.05 bits per heavy atom. The fourth-order valence-corrected chi connectivity index (χ4v) is 2.01. The average molecular weight is 276 g/mol. The number of hydrogen-bond donors (Lipinski definition) is 1. The minimum absolute atomic E-state index is 0.391. The SMILES string of the molecule is CN(C)Cc1ccc(NCc2cc(F)cc(F)c2)cc1. The van der Waals surface area contributed by atoms with Gasteiger partial charge in [0.25, 0.3) is 0 Å². The molecular formula is C16H18F2N2.